The Kier molecular flexibility index (Phi) is 11.9. The summed E-state index contributed by atoms with van der Waals surface area (Å²) in [6.07, 6.45) is -12.7. The number of hydrogen-bond donors (Lipinski definition) is 9. The third kappa shape index (κ3) is 7.81. The molecule has 0 aliphatic heterocycles. The average molecular weight is 404 g/mol. The molecule has 0 heterocycles. The van der Waals surface area contributed by atoms with Gasteiger partial charge in [0.1, 0.15) is 61.9 Å². The maximum absolute atomic E-state index is 10.3. The van der Waals surface area contributed by atoms with E-state index < -0.39 is 66.7 Å². The largest absolute Gasteiger partial charge is 0.394 e. The van der Waals surface area contributed by atoms with Crippen molar-refractivity contribution in [2.45, 2.75) is 48.8 Å². The lowest BCUT2D eigenvalue weighted by molar-refractivity contribution is -1.09. The first-order valence-corrected chi connectivity index (χ1v) is 8.39. The van der Waals surface area contributed by atoms with Gasteiger partial charge in [0, 0.05) is 7.11 Å². The highest BCUT2D eigenvalue weighted by Gasteiger charge is 2.41. The molecule has 12 heteroatoms. The molecule has 0 spiro atoms. The van der Waals surface area contributed by atoms with Crippen molar-refractivity contribution in [3.63, 3.8) is 0 Å². The van der Waals surface area contributed by atoms with Crippen molar-refractivity contribution in [1.29, 1.82) is 0 Å². The first-order chi connectivity index (χ1) is 12.5. The maximum atomic E-state index is 10.3. The second-order valence-electron chi connectivity index (χ2n) is 6.65. The van der Waals surface area contributed by atoms with Crippen LogP contribution in [0.2, 0.25) is 0 Å². The Morgan fingerprint density at radius 2 is 1.07 bits per heavy atom. The molecule has 9 N–H and O–H groups in total. The molecule has 0 aliphatic rings. The van der Waals surface area contributed by atoms with E-state index >= 15 is 0 Å². The van der Waals surface area contributed by atoms with Gasteiger partial charge in [0.2, 0.25) is 0 Å². The molecule has 0 aromatic carbocycles. The Morgan fingerprint density at radius 3 is 1.48 bits per heavy atom. The summed E-state index contributed by atoms with van der Waals surface area (Å²) < 4.78 is 4.46. The van der Waals surface area contributed by atoms with Crippen LogP contribution < -0.4 is 0 Å². The highest BCUT2D eigenvalue weighted by atomic mass is 16.7. The number of aliphatic hydroxyl groups is 9. The van der Waals surface area contributed by atoms with E-state index in [1.807, 2.05) is 0 Å². The smallest absolute Gasteiger partial charge is 0.137 e. The van der Waals surface area contributed by atoms with E-state index in [4.69, 9.17) is 19.8 Å². The van der Waals surface area contributed by atoms with E-state index in [0.29, 0.717) is 0 Å². The predicted molar refractivity (Wildman–Crippen MR) is 89.9 cm³/mol. The monoisotopic (exact) mass is 404 g/mol. The van der Waals surface area contributed by atoms with Crippen molar-refractivity contribution in [3.8, 4) is 0 Å². The molecule has 12 nitrogen and oxygen atoms in total. The summed E-state index contributed by atoms with van der Waals surface area (Å²) in [6.45, 7) is -2.19. The summed E-state index contributed by atoms with van der Waals surface area (Å²) in [7, 11) is 3.87. The minimum absolute atomic E-state index is 0.271. The molecule has 0 bridgehead atoms. The fourth-order valence-corrected chi connectivity index (χ4v) is 2.64. The van der Waals surface area contributed by atoms with Crippen LogP contribution in [0.15, 0.2) is 0 Å². The van der Waals surface area contributed by atoms with Crippen LogP contribution in [0, 0.1) is 0 Å². The van der Waals surface area contributed by atoms with E-state index in [1.54, 1.807) is 0 Å². The zero-order valence-corrected chi connectivity index (χ0v) is 15.7. The third-order valence-corrected chi connectivity index (χ3v) is 4.48. The molecule has 0 rings (SSSR count). The van der Waals surface area contributed by atoms with Crippen LogP contribution >= 0.6 is 0 Å². The fourth-order valence-electron chi connectivity index (χ4n) is 2.64. The third-order valence-electron chi connectivity index (χ3n) is 4.48. The van der Waals surface area contributed by atoms with Crippen molar-refractivity contribution < 1.29 is 60.2 Å². The van der Waals surface area contributed by atoms with Gasteiger partial charge in [-0.05, 0) is 0 Å². The molecule has 0 aromatic heterocycles. The predicted octanol–water partition coefficient (Wildman–Crippen LogP) is -5.48. The lowest BCUT2D eigenvalue weighted by atomic mass is 10.0. The van der Waals surface area contributed by atoms with Gasteiger partial charge < -0.3 is 50.7 Å². The summed E-state index contributed by atoms with van der Waals surface area (Å²) in [4.78, 5) is 5.22. The van der Waals surface area contributed by atoms with Crippen LogP contribution in [0.4, 0.5) is 0 Å². The van der Waals surface area contributed by atoms with Crippen LogP contribution in [0.3, 0.4) is 0 Å². The quantitative estimate of drug-likeness (QED) is 0.0987. The van der Waals surface area contributed by atoms with Gasteiger partial charge >= 0.3 is 0 Å². The number of hydrogen-bond acceptors (Lipinski definition) is 11. The van der Waals surface area contributed by atoms with Crippen molar-refractivity contribution >= 4 is 0 Å². The highest BCUT2D eigenvalue weighted by Crippen LogP contribution is 2.16. The van der Waals surface area contributed by atoms with E-state index in [9.17, 15) is 35.7 Å². The van der Waals surface area contributed by atoms with Crippen molar-refractivity contribution in [1.82, 2.24) is 0 Å². The lowest BCUT2D eigenvalue weighted by Gasteiger charge is -2.37. The number of rotatable bonds is 14. The number of methoxy groups -OCH3 is 1. The van der Waals surface area contributed by atoms with Gasteiger partial charge in [-0.2, -0.15) is 4.65 Å². The molecule has 0 saturated heterocycles. The van der Waals surface area contributed by atoms with Crippen LogP contribution in [0.1, 0.15) is 0 Å². The van der Waals surface area contributed by atoms with Crippen molar-refractivity contribution in [2.75, 3.05) is 47.6 Å². The first-order valence-electron chi connectivity index (χ1n) is 8.39. The molecule has 0 amide bonds. The number of nitrogens with zero attached hydrogens (tertiary/aromatic N) is 1. The first kappa shape index (κ1) is 26.5. The normalized spacial score (nSPS) is 23.6. The van der Waals surface area contributed by atoms with E-state index in [-0.39, 0.29) is 13.1 Å². The molecule has 0 saturated carbocycles. The molecule has 0 fully saturated rings. The number of hydroxylamine groups is 3. The van der Waals surface area contributed by atoms with Crippen LogP contribution in [-0.4, -0.2) is 147 Å². The fraction of sp³-hybridized carbons (Fsp3) is 1.00. The van der Waals surface area contributed by atoms with E-state index in [1.165, 1.54) is 21.3 Å². The van der Waals surface area contributed by atoms with E-state index in [0.717, 1.165) is 0 Å². The number of quaternary nitrogens is 1. The Hall–Kier alpha value is -0.480. The number of aliphatic hydroxyl groups excluding tert-OH is 9. The van der Waals surface area contributed by atoms with Crippen LogP contribution in [0.25, 0.3) is 0 Å². The average Bonchev–Trinajstić information content (AvgIpc) is 2.65. The van der Waals surface area contributed by atoms with E-state index in [2.05, 4.69) is 0 Å². The lowest BCUT2D eigenvalue weighted by Crippen LogP contribution is -2.59. The van der Waals surface area contributed by atoms with Crippen LogP contribution in [-0.2, 0) is 9.57 Å². The zero-order valence-electron chi connectivity index (χ0n) is 15.7. The van der Waals surface area contributed by atoms with Gasteiger partial charge in [0.15, 0.2) is 0 Å². The summed E-state index contributed by atoms with van der Waals surface area (Å²) >= 11 is 0. The van der Waals surface area contributed by atoms with Gasteiger partial charge in [-0.15, -0.1) is 0 Å². The highest BCUT2D eigenvalue weighted by molar-refractivity contribution is 4.83. The topological polar surface area (TPSA) is 201 Å². The van der Waals surface area contributed by atoms with Gasteiger partial charge in [-0.25, -0.2) is 4.84 Å². The molecule has 9 unspecified atom stereocenters. The Morgan fingerprint density at radius 1 is 0.667 bits per heavy atom. The van der Waals surface area contributed by atoms with Gasteiger partial charge in [0.05, 0.1) is 27.4 Å². The molecular formula is C15H34NO11+. The second kappa shape index (κ2) is 12.2. The SMILES string of the molecule is COC(C(O)C[N+](C)(CC(O)C(O)C(O)C(O)CO)OC)C(O)C(O)CO. The van der Waals surface area contributed by atoms with Crippen molar-refractivity contribution in [2.24, 2.45) is 0 Å². The summed E-state index contributed by atoms with van der Waals surface area (Å²) in [5, 5.41) is 86.5. The van der Waals surface area contributed by atoms with Crippen molar-refractivity contribution in [3.05, 3.63) is 0 Å². The minimum Gasteiger partial charge on any atom is -0.394 e. The number of likely N-dealkylation sites (N-methyl/N-ethyl adjacent to an activating group) is 1. The van der Waals surface area contributed by atoms with Gasteiger partial charge in [0.25, 0.3) is 0 Å². The summed E-state index contributed by atoms with van der Waals surface area (Å²) in [6, 6.07) is 0. The molecule has 9 atom stereocenters. The van der Waals surface area contributed by atoms with Gasteiger partial charge in [-0.3, -0.25) is 0 Å². The summed E-state index contributed by atoms with van der Waals surface area (Å²) in [5.74, 6) is 0. The minimum atomic E-state index is -1.81. The maximum Gasteiger partial charge on any atom is 0.137 e. The molecular weight excluding hydrogens is 370 g/mol. The molecule has 27 heavy (non-hydrogen) atoms. The molecule has 0 aromatic rings. The summed E-state index contributed by atoms with van der Waals surface area (Å²) in [5.41, 5.74) is 0. The zero-order chi connectivity index (χ0) is 21.4. The second-order valence-corrected chi connectivity index (χ2v) is 6.65. The molecule has 0 aliphatic carbocycles. The van der Waals surface area contributed by atoms with Gasteiger partial charge in [-0.1, -0.05) is 0 Å². The Bertz CT molecular complexity index is 404. The standard InChI is InChI=1S/C15H34NO11/c1-16(27-3,4-8(19)12(23)13(24)10(21)6-17)5-9(20)15(26-2)14(25)11(22)7-18/h8-15,17-25H,4-7H2,1-3H3/q+1. The molecule has 164 valence electrons. The Balaban J connectivity index is 5.09. The Labute approximate surface area is 157 Å². The van der Waals surface area contributed by atoms with Crippen LogP contribution in [0.5, 0.6) is 0 Å². The molecule has 0 radical (unpaired) electrons. The number of ether oxygens (including phenoxy) is 1.